The molecule has 0 saturated heterocycles. The van der Waals surface area contributed by atoms with E-state index in [1.54, 1.807) is 13.0 Å². The molecule has 2 rings (SSSR count). The number of phenolic OH excluding ortho intramolecular Hbond substituents is 1. The molecule has 0 spiro atoms. The zero-order valence-electron chi connectivity index (χ0n) is 16.2. The van der Waals surface area contributed by atoms with Crippen LogP contribution >= 0.6 is 11.6 Å². The van der Waals surface area contributed by atoms with Crippen molar-refractivity contribution in [1.29, 1.82) is 0 Å². The van der Waals surface area contributed by atoms with Crippen molar-refractivity contribution in [2.75, 3.05) is 5.32 Å². The van der Waals surface area contributed by atoms with Gasteiger partial charge in [-0.1, -0.05) is 32.4 Å². The number of nitrogens with zero attached hydrogens (tertiary/aromatic N) is 1. The predicted molar refractivity (Wildman–Crippen MR) is 108 cm³/mol. The van der Waals surface area contributed by atoms with Gasteiger partial charge < -0.3 is 10.4 Å². The minimum absolute atomic E-state index is 0.0153. The van der Waals surface area contributed by atoms with Crippen LogP contribution in [0.1, 0.15) is 59.5 Å². The standard InChI is InChI=1S/C20H21ClN2O5/c1-10-13(11(2)24)9-14(20(3,4)5)18(25)17(10)19(26)22-16-7-6-12(23(27)28)8-15(16)21/h6-9,25H,1-5H3,(H,22,26). The van der Waals surface area contributed by atoms with E-state index in [9.17, 15) is 24.8 Å². The lowest BCUT2D eigenvalue weighted by atomic mass is 9.81. The number of ketones is 1. The number of nitro benzene ring substituents is 1. The number of hydrogen-bond donors (Lipinski definition) is 2. The number of aromatic hydroxyl groups is 1. The monoisotopic (exact) mass is 404 g/mol. The van der Waals surface area contributed by atoms with Gasteiger partial charge in [0.2, 0.25) is 0 Å². The third-order valence-corrected chi connectivity index (χ3v) is 4.70. The van der Waals surface area contributed by atoms with Gasteiger partial charge in [0.1, 0.15) is 5.75 Å². The first kappa shape index (κ1) is 21.4. The van der Waals surface area contributed by atoms with Gasteiger partial charge in [-0.25, -0.2) is 0 Å². The molecule has 0 atom stereocenters. The van der Waals surface area contributed by atoms with Gasteiger partial charge in [0, 0.05) is 23.3 Å². The molecule has 7 nitrogen and oxygen atoms in total. The van der Waals surface area contributed by atoms with Gasteiger partial charge >= 0.3 is 0 Å². The number of rotatable bonds is 4. The number of carbonyl (C=O) groups excluding carboxylic acids is 2. The molecular weight excluding hydrogens is 384 g/mol. The van der Waals surface area contributed by atoms with Crippen LogP contribution < -0.4 is 5.32 Å². The quantitative estimate of drug-likeness (QED) is 0.422. The van der Waals surface area contributed by atoms with Gasteiger partial charge in [0.05, 0.1) is 21.2 Å². The first-order chi connectivity index (χ1) is 12.8. The van der Waals surface area contributed by atoms with Crippen LogP contribution in [0.5, 0.6) is 5.75 Å². The Morgan fingerprint density at radius 3 is 2.29 bits per heavy atom. The second-order valence-corrected chi connectivity index (χ2v) is 7.91. The van der Waals surface area contributed by atoms with Crippen molar-refractivity contribution >= 4 is 34.7 Å². The summed E-state index contributed by atoms with van der Waals surface area (Å²) in [6.07, 6.45) is 0. The lowest BCUT2D eigenvalue weighted by Gasteiger charge is -2.24. The highest BCUT2D eigenvalue weighted by molar-refractivity contribution is 6.34. The number of nitrogens with one attached hydrogen (secondary N) is 1. The maximum atomic E-state index is 12.9. The third kappa shape index (κ3) is 4.14. The fourth-order valence-corrected chi connectivity index (χ4v) is 3.11. The highest BCUT2D eigenvalue weighted by Gasteiger charge is 2.28. The maximum absolute atomic E-state index is 12.9. The Bertz CT molecular complexity index is 993. The van der Waals surface area contributed by atoms with Gasteiger partial charge in [-0.2, -0.15) is 0 Å². The van der Waals surface area contributed by atoms with E-state index in [4.69, 9.17) is 11.6 Å². The minimum atomic E-state index is -0.667. The molecule has 0 aliphatic rings. The van der Waals surface area contributed by atoms with Gasteiger partial charge in [0.15, 0.2) is 5.78 Å². The van der Waals surface area contributed by atoms with Crippen molar-refractivity contribution in [1.82, 2.24) is 0 Å². The largest absolute Gasteiger partial charge is 0.507 e. The van der Waals surface area contributed by atoms with Crippen LogP contribution in [0, 0.1) is 17.0 Å². The zero-order valence-corrected chi connectivity index (χ0v) is 17.0. The number of hydrogen-bond acceptors (Lipinski definition) is 5. The number of amides is 1. The summed E-state index contributed by atoms with van der Waals surface area (Å²) >= 11 is 6.03. The van der Waals surface area contributed by atoms with E-state index in [2.05, 4.69) is 5.32 Å². The van der Waals surface area contributed by atoms with Crippen molar-refractivity contribution in [3.05, 3.63) is 61.7 Å². The maximum Gasteiger partial charge on any atom is 0.271 e. The molecule has 0 aromatic heterocycles. The minimum Gasteiger partial charge on any atom is -0.507 e. The molecule has 0 unspecified atom stereocenters. The van der Waals surface area contributed by atoms with Crippen LogP contribution in [-0.4, -0.2) is 21.7 Å². The van der Waals surface area contributed by atoms with Gasteiger partial charge in [-0.15, -0.1) is 0 Å². The average Bonchev–Trinajstić information content (AvgIpc) is 2.55. The number of Topliss-reactive ketones (excluding diaryl/α,β-unsaturated/α-hetero) is 1. The number of benzene rings is 2. The summed E-state index contributed by atoms with van der Waals surface area (Å²) < 4.78 is 0. The molecule has 0 saturated carbocycles. The highest BCUT2D eigenvalue weighted by Crippen LogP contribution is 2.38. The summed E-state index contributed by atoms with van der Waals surface area (Å²) in [5.74, 6) is -1.12. The normalized spacial score (nSPS) is 11.2. The second-order valence-electron chi connectivity index (χ2n) is 7.50. The van der Waals surface area contributed by atoms with E-state index < -0.39 is 16.2 Å². The first-order valence-corrected chi connectivity index (χ1v) is 8.85. The first-order valence-electron chi connectivity index (χ1n) is 8.47. The van der Waals surface area contributed by atoms with E-state index >= 15 is 0 Å². The lowest BCUT2D eigenvalue weighted by Crippen LogP contribution is -2.20. The molecule has 0 aliphatic carbocycles. The SMILES string of the molecule is CC(=O)c1cc(C(C)(C)C)c(O)c(C(=O)Nc2ccc([N+](=O)[O-])cc2Cl)c1C. The Morgan fingerprint density at radius 2 is 1.82 bits per heavy atom. The molecule has 1 amide bonds. The average molecular weight is 405 g/mol. The molecule has 2 N–H and O–H groups in total. The van der Waals surface area contributed by atoms with Crippen molar-refractivity contribution in [3.8, 4) is 5.75 Å². The summed E-state index contributed by atoms with van der Waals surface area (Å²) in [6.45, 7) is 8.54. The Morgan fingerprint density at radius 1 is 1.21 bits per heavy atom. The van der Waals surface area contributed by atoms with Crippen LogP contribution in [0.4, 0.5) is 11.4 Å². The van der Waals surface area contributed by atoms with E-state index in [-0.39, 0.29) is 33.5 Å². The Kier molecular flexibility index (Phi) is 5.80. The van der Waals surface area contributed by atoms with Crippen LogP contribution in [0.15, 0.2) is 24.3 Å². The molecule has 0 aliphatic heterocycles. The van der Waals surface area contributed by atoms with Gasteiger partial charge in [-0.3, -0.25) is 19.7 Å². The summed E-state index contributed by atoms with van der Waals surface area (Å²) in [7, 11) is 0. The topological polar surface area (TPSA) is 110 Å². The van der Waals surface area contributed by atoms with Crippen molar-refractivity contribution in [3.63, 3.8) is 0 Å². The number of anilines is 1. The van der Waals surface area contributed by atoms with E-state index in [0.717, 1.165) is 6.07 Å². The summed E-state index contributed by atoms with van der Waals surface area (Å²) in [6, 6.07) is 5.24. The van der Waals surface area contributed by atoms with Crippen molar-refractivity contribution in [2.45, 2.75) is 40.0 Å². The Labute approximate surface area is 167 Å². The third-order valence-electron chi connectivity index (χ3n) is 4.39. The number of phenols is 1. The van der Waals surface area contributed by atoms with Crippen LogP contribution in [0.3, 0.4) is 0 Å². The summed E-state index contributed by atoms with van der Waals surface area (Å²) in [5.41, 5.74) is 0.533. The van der Waals surface area contributed by atoms with E-state index in [1.165, 1.54) is 19.1 Å². The predicted octanol–water partition coefficient (Wildman–Crippen LogP) is 5.01. The lowest BCUT2D eigenvalue weighted by molar-refractivity contribution is -0.384. The van der Waals surface area contributed by atoms with Crippen LogP contribution in [0.2, 0.25) is 5.02 Å². The molecule has 28 heavy (non-hydrogen) atoms. The number of halogens is 1. The Balaban J connectivity index is 2.58. The van der Waals surface area contributed by atoms with Crippen LogP contribution in [0.25, 0.3) is 0 Å². The number of non-ortho nitro benzene ring substituents is 1. The van der Waals surface area contributed by atoms with Gasteiger partial charge in [-0.05, 0) is 37.0 Å². The highest BCUT2D eigenvalue weighted by atomic mass is 35.5. The molecule has 0 fully saturated rings. The molecular formula is C20H21ClN2O5. The zero-order chi connectivity index (χ0) is 21.4. The van der Waals surface area contributed by atoms with Crippen molar-refractivity contribution < 1.29 is 19.6 Å². The second kappa shape index (κ2) is 7.59. The molecule has 0 heterocycles. The number of nitro groups is 1. The Hall–Kier alpha value is -2.93. The van der Waals surface area contributed by atoms with Gasteiger partial charge in [0.25, 0.3) is 11.6 Å². The summed E-state index contributed by atoms with van der Waals surface area (Å²) in [5, 5.41) is 24.1. The van der Waals surface area contributed by atoms with E-state index in [0.29, 0.717) is 16.7 Å². The van der Waals surface area contributed by atoms with Crippen molar-refractivity contribution in [2.24, 2.45) is 0 Å². The number of carbonyl (C=O) groups is 2. The molecule has 2 aromatic carbocycles. The molecule has 148 valence electrons. The van der Waals surface area contributed by atoms with E-state index in [1.807, 2.05) is 20.8 Å². The molecule has 8 heteroatoms. The summed E-state index contributed by atoms with van der Waals surface area (Å²) in [4.78, 5) is 35.2. The molecule has 0 radical (unpaired) electrons. The smallest absolute Gasteiger partial charge is 0.271 e. The molecule has 0 bridgehead atoms. The molecule has 2 aromatic rings. The fourth-order valence-electron chi connectivity index (χ4n) is 2.89. The van der Waals surface area contributed by atoms with Crippen LogP contribution in [-0.2, 0) is 5.41 Å². The fraction of sp³-hybridized carbons (Fsp3) is 0.300.